The van der Waals surface area contributed by atoms with Crippen LogP contribution in [-0.4, -0.2) is 68.7 Å². The number of piperidine rings is 1. The van der Waals surface area contributed by atoms with Crippen LogP contribution in [0.5, 0.6) is 0 Å². The van der Waals surface area contributed by atoms with Crippen molar-refractivity contribution < 1.29 is 19.0 Å². The number of carbonyl (C=O) groups is 1. The number of likely N-dealkylation sites (tertiary alicyclic amines) is 1. The summed E-state index contributed by atoms with van der Waals surface area (Å²) in [6, 6.07) is 0.699. The quantitative estimate of drug-likeness (QED) is 0.817. The number of nitrogens with zero attached hydrogens (tertiary/aromatic N) is 1. The first-order chi connectivity index (χ1) is 9.74. The molecule has 20 heavy (non-hydrogen) atoms. The van der Waals surface area contributed by atoms with Gasteiger partial charge in [-0.15, -0.1) is 0 Å². The SMILES string of the molecule is CCOC(=O)N1CCC(N[C@H]2COC[C@@H]2OCC)CC1. The molecule has 2 heterocycles. The minimum atomic E-state index is -0.192. The molecule has 0 bridgehead atoms. The molecule has 0 aromatic heterocycles. The van der Waals surface area contributed by atoms with Gasteiger partial charge in [-0.3, -0.25) is 0 Å². The van der Waals surface area contributed by atoms with Crippen molar-refractivity contribution in [2.45, 2.75) is 44.9 Å². The molecule has 0 radical (unpaired) electrons. The van der Waals surface area contributed by atoms with E-state index < -0.39 is 0 Å². The van der Waals surface area contributed by atoms with Crippen LogP contribution in [0.1, 0.15) is 26.7 Å². The molecule has 116 valence electrons. The third-order valence-electron chi connectivity index (χ3n) is 3.88. The zero-order valence-corrected chi connectivity index (χ0v) is 12.5. The summed E-state index contributed by atoms with van der Waals surface area (Å²) in [5.41, 5.74) is 0. The maximum absolute atomic E-state index is 11.6. The standard InChI is InChI=1S/C14H26N2O4/c1-3-19-13-10-18-9-12(13)15-11-5-7-16(8-6-11)14(17)20-4-2/h11-13,15H,3-10H2,1-2H3/t12-,13-/m0/s1. The van der Waals surface area contributed by atoms with Gasteiger partial charge in [-0.2, -0.15) is 0 Å². The first-order valence-electron chi connectivity index (χ1n) is 7.61. The van der Waals surface area contributed by atoms with Crippen molar-refractivity contribution in [2.24, 2.45) is 0 Å². The van der Waals surface area contributed by atoms with Gasteiger partial charge in [0.2, 0.25) is 0 Å². The van der Waals surface area contributed by atoms with E-state index in [9.17, 15) is 4.79 Å². The van der Waals surface area contributed by atoms with Crippen molar-refractivity contribution in [3.63, 3.8) is 0 Å². The summed E-state index contributed by atoms with van der Waals surface area (Å²) in [7, 11) is 0. The predicted octanol–water partition coefficient (Wildman–Crippen LogP) is 1.00. The van der Waals surface area contributed by atoms with Gasteiger partial charge < -0.3 is 24.4 Å². The van der Waals surface area contributed by atoms with E-state index in [0.29, 0.717) is 32.5 Å². The van der Waals surface area contributed by atoms with Crippen LogP contribution in [0.2, 0.25) is 0 Å². The maximum atomic E-state index is 11.6. The van der Waals surface area contributed by atoms with E-state index in [0.717, 1.165) is 25.9 Å². The van der Waals surface area contributed by atoms with E-state index in [-0.39, 0.29) is 18.2 Å². The molecule has 2 aliphatic rings. The molecule has 2 atom stereocenters. The van der Waals surface area contributed by atoms with E-state index in [1.807, 2.05) is 13.8 Å². The number of carbonyl (C=O) groups excluding carboxylic acids is 1. The average Bonchev–Trinajstić information content (AvgIpc) is 2.88. The average molecular weight is 286 g/mol. The Morgan fingerprint density at radius 2 is 2.00 bits per heavy atom. The smallest absolute Gasteiger partial charge is 0.409 e. The summed E-state index contributed by atoms with van der Waals surface area (Å²) in [5.74, 6) is 0. The molecule has 0 aliphatic carbocycles. The summed E-state index contributed by atoms with van der Waals surface area (Å²) >= 11 is 0. The number of hydrogen-bond acceptors (Lipinski definition) is 5. The summed E-state index contributed by atoms with van der Waals surface area (Å²) in [6.07, 6.45) is 1.87. The zero-order valence-electron chi connectivity index (χ0n) is 12.5. The van der Waals surface area contributed by atoms with Crippen LogP contribution in [0, 0.1) is 0 Å². The normalized spacial score (nSPS) is 27.8. The Hall–Kier alpha value is -0.850. The van der Waals surface area contributed by atoms with E-state index in [1.165, 1.54) is 0 Å². The van der Waals surface area contributed by atoms with Gasteiger partial charge in [-0.05, 0) is 26.7 Å². The minimum Gasteiger partial charge on any atom is -0.450 e. The Morgan fingerprint density at radius 1 is 1.25 bits per heavy atom. The van der Waals surface area contributed by atoms with E-state index in [4.69, 9.17) is 14.2 Å². The van der Waals surface area contributed by atoms with Crippen LogP contribution in [0.4, 0.5) is 4.79 Å². The lowest BCUT2D eigenvalue weighted by atomic mass is 10.0. The highest BCUT2D eigenvalue weighted by Crippen LogP contribution is 2.16. The highest BCUT2D eigenvalue weighted by Gasteiger charge is 2.32. The van der Waals surface area contributed by atoms with E-state index >= 15 is 0 Å². The number of hydrogen-bond donors (Lipinski definition) is 1. The second-order valence-electron chi connectivity index (χ2n) is 5.26. The fourth-order valence-electron chi connectivity index (χ4n) is 2.81. The number of rotatable bonds is 5. The number of nitrogens with one attached hydrogen (secondary N) is 1. The monoisotopic (exact) mass is 286 g/mol. The molecule has 0 aromatic carbocycles. The van der Waals surface area contributed by atoms with Crippen molar-refractivity contribution >= 4 is 6.09 Å². The van der Waals surface area contributed by atoms with E-state index in [2.05, 4.69) is 5.32 Å². The highest BCUT2D eigenvalue weighted by molar-refractivity contribution is 5.67. The summed E-state index contributed by atoms with van der Waals surface area (Å²) in [4.78, 5) is 13.4. The van der Waals surface area contributed by atoms with Crippen LogP contribution < -0.4 is 5.32 Å². The maximum Gasteiger partial charge on any atom is 0.409 e. The van der Waals surface area contributed by atoms with Crippen molar-refractivity contribution in [2.75, 3.05) is 39.5 Å². The Labute approximate surface area is 120 Å². The molecule has 2 rings (SSSR count). The van der Waals surface area contributed by atoms with Gasteiger partial charge in [-0.25, -0.2) is 4.79 Å². The summed E-state index contributed by atoms with van der Waals surface area (Å²) in [5, 5.41) is 3.62. The third-order valence-corrected chi connectivity index (χ3v) is 3.88. The topological polar surface area (TPSA) is 60.0 Å². The zero-order chi connectivity index (χ0) is 14.4. The Morgan fingerprint density at radius 3 is 2.65 bits per heavy atom. The van der Waals surface area contributed by atoms with Gasteiger partial charge in [-0.1, -0.05) is 0 Å². The molecule has 0 aromatic rings. The van der Waals surface area contributed by atoms with E-state index in [1.54, 1.807) is 4.90 Å². The Balaban J connectivity index is 1.72. The van der Waals surface area contributed by atoms with Gasteiger partial charge in [0.05, 0.1) is 32.0 Å². The van der Waals surface area contributed by atoms with Gasteiger partial charge in [0.15, 0.2) is 0 Å². The molecule has 1 amide bonds. The summed E-state index contributed by atoms with van der Waals surface area (Å²) in [6.45, 7) is 7.88. The fraction of sp³-hybridized carbons (Fsp3) is 0.929. The van der Waals surface area contributed by atoms with Crippen molar-refractivity contribution in [3.8, 4) is 0 Å². The highest BCUT2D eigenvalue weighted by atomic mass is 16.6. The first-order valence-corrected chi connectivity index (χ1v) is 7.61. The molecule has 6 heteroatoms. The fourth-order valence-corrected chi connectivity index (χ4v) is 2.81. The van der Waals surface area contributed by atoms with Gasteiger partial charge in [0.1, 0.15) is 0 Å². The van der Waals surface area contributed by atoms with Gasteiger partial charge in [0.25, 0.3) is 0 Å². The van der Waals surface area contributed by atoms with Gasteiger partial charge >= 0.3 is 6.09 Å². The van der Waals surface area contributed by atoms with Gasteiger partial charge in [0, 0.05) is 25.7 Å². The van der Waals surface area contributed by atoms with Crippen molar-refractivity contribution in [1.82, 2.24) is 10.2 Å². The molecule has 0 unspecified atom stereocenters. The molecule has 2 saturated heterocycles. The van der Waals surface area contributed by atoms with Crippen LogP contribution in [0.25, 0.3) is 0 Å². The lowest BCUT2D eigenvalue weighted by molar-refractivity contribution is 0.0376. The Bertz CT molecular complexity index is 306. The number of ether oxygens (including phenoxy) is 3. The second-order valence-corrected chi connectivity index (χ2v) is 5.26. The van der Waals surface area contributed by atoms with Crippen LogP contribution in [-0.2, 0) is 14.2 Å². The molecule has 0 spiro atoms. The largest absolute Gasteiger partial charge is 0.450 e. The lowest BCUT2D eigenvalue weighted by Gasteiger charge is -2.34. The molecule has 2 fully saturated rings. The van der Waals surface area contributed by atoms with Crippen LogP contribution >= 0.6 is 0 Å². The van der Waals surface area contributed by atoms with Crippen molar-refractivity contribution in [1.29, 1.82) is 0 Å². The molecule has 6 nitrogen and oxygen atoms in total. The number of amides is 1. The first kappa shape index (κ1) is 15.5. The molecular weight excluding hydrogens is 260 g/mol. The Kier molecular flexibility index (Phi) is 6.06. The van der Waals surface area contributed by atoms with Crippen LogP contribution in [0.3, 0.4) is 0 Å². The molecule has 1 N–H and O–H groups in total. The minimum absolute atomic E-state index is 0.156. The summed E-state index contributed by atoms with van der Waals surface area (Å²) < 4.78 is 16.2. The molecular formula is C14H26N2O4. The lowest BCUT2D eigenvalue weighted by Crippen LogP contribution is -2.51. The molecule has 0 saturated carbocycles. The molecule has 2 aliphatic heterocycles. The predicted molar refractivity (Wildman–Crippen MR) is 74.8 cm³/mol. The van der Waals surface area contributed by atoms with Crippen LogP contribution in [0.15, 0.2) is 0 Å². The third kappa shape index (κ3) is 4.07. The van der Waals surface area contributed by atoms with Crippen molar-refractivity contribution in [3.05, 3.63) is 0 Å². The second kappa shape index (κ2) is 7.81.